The summed E-state index contributed by atoms with van der Waals surface area (Å²) in [5.41, 5.74) is 2.97. The van der Waals surface area contributed by atoms with E-state index in [1.165, 1.54) is 16.6 Å². The van der Waals surface area contributed by atoms with Crippen molar-refractivity contribution < 1.29 is 13.6 Å². The van der Waals surface area contributed by atoms with Gasteiger partial charge in [-0.15, -0.1) is 21.5 Å². The molecule has 0 spiro atoms. The number of nitrogens with zero attached hydrogens (tertiary/aromatic N) is 4. The third-order valence-corrected chi connectivity index (χ3v) is 8.60. The molecule has 1 amide bonds. The Morgan fingerprint density at radius 1 is 1.19 bits per heavy atom. The molecule has 4 aromatic heterocycles. The number of nitrogens with one attached hydrogen (secondary N) is 1. The first-order chi connectivity index (χ1) is 17.8. The molecule has 1 N–H and O–H groups in total. The van der Waals surface area contributed by atoms with E-state index in [0.29, 0.717) is 50.3 Å². The van der Waals surface area contributed by atoms with E-state index in [0.717, 1.165) is 24.8 Å². The van der Waals surface area contributed by atoms with Crippen LogP contribution in [-0.4, -0.2) is 26.8 Å². The number of carbonyl (C=O) groups excluding carboxylic acids is 1. The van der Waals surface area contributed by atoms with Crippen molar-refractivity contribution in [1.82, 2.24) is 15.2 Å². The molecule has 8 nitrogen and oxygen atoms in total. The fraction of sp³-hybridized carbons (Fsp3) is 0.370. The minimum atomic E-state index is -0.138. The molecule has 1 atom stereocenters. The summed E-state index contributed by atoms with van der Waals surface area (Å²) >= 11 is 2.89. The van der Waals surface area contributed by atoms with Gasteiger partial charge in [-0.25, -0.2) is 4.98 Å². The second kappa shape index (κ2) is 10.5. The molecule has 4 aromatic rings. The number of anilines is 1. The molecule has 0 radical (unpaired) electrons. The summed E-state index contributed by atoms with van der Waals surface area (Å²) in [6.07, 6.45) is 6.30. The molecule has 1 aliphatic rings. The zero-order valence-electron chi connectivity index (χ0n) is 20.9. The van der Waals surface area contributed by atoms with Gasteiger partial charge in [-0.2, -0.15) is 5.26 Å². The van der Waals surface area contributed by atoms with Crippen molar-refractivity contribution in [2.24, 2.45) is 11.3 Å². The van der Waals surface area contributed by atoms with E-state index in [1.54, 1.807) is 48.1 Å². The summed E-state index contributed by atoms with van der Waals surface area (Å²) < 4.78 is 11.0. The summed E-state index contributed by atoms with van der Waals surface area (Å²) in [4.78, 5) is 18.6. The molecule has 0 saturated carbocycles. The van der Waals surface area contributed by atoms with Gasteiger partial charge in [0.15, 0.2) is 17.2 Å². The van der Waals surface area contributed by atoms with Crippen LogP contribution in [0.5, 0.6) is 0 Å². The van der Waals surface area contributed by atoms with Gasteiger partial charge in [0.2, 0.25) is 11.1 Å². The zero-order chi connectivity index (χ0) is 26.0. The average molecular weight is 534 g/mol. The first-order valence-corrected chi connectivity index (χ1v) is 13.9. The van der Waals surface area contributed by atoms with Crippen LogP contribution in [0.15, 0.2) is 50.8 Å². The van der Waals surface area contributed by atoms with E-state index < -0.39 is 0 Å². The van der Waals surface area contributed by atoms with Gasteiger partial charge in [0.05, 0.1) is 18.1 Å². The fourth-order valence-electron chi connectivity index (χ4n) is 4.49. The standard InChI is InChI=1S/C27H27N5O3S2/c1-27(2,3)16-8-9-17-18(15-28)25(37-21(17)14-16)29-22(33)10-13-36-26-30-23(19-6-4-11-34-19)24(31-32-26)20-7-5-12-35-20/h4-7,11-12,16H,8-10,13-14H2,1-3H3,(H,29,33). The zero-order valence-corrected chi connectivity index (χ0v) is 22.5. The first-order valence-electron chi connectivity index (χ1n) is 12.1. The lowest BCUT2D eigenvalue weighted by atomic mass is 9.72. The first kappa shape index (κ1) is 25.2. The molecule has 10 heteroatoms. The molecular weight excluding hydrogens is 506 g/mol. The molecule has 0 bridgehead atoms. The summed E-state index contributed by atoms with van der Waals surface area (Å²) in [6, 6.07) is 9.47. The second-order valence-corrected chi connectivity index (χ2v) is 12.2. The van der Waals surface area contributed by atoms with E-state index in [2.05, 4.69) is 47.3 Å². The number of hydrogen-bond acceptors (Lipinski definition) is 9. The molecule has 0 aromatic carbocycles. The van der Waals surface area contributed by atoms with Crippen molar-refractivity contribution in [2.45, 2.75) is 51.6 Å². The van der Waals surface area contributed by atoms with Gasteiger partial charge in [-0.05, 0) is 60.4 Å². The number of carbonyl (C=O) groups is 1. The number of thioether (sulfide) groups is 1. The Balaban J connectivity index is 1.24. The van der Waals surface area contributed by atoms with Crippen LogP contribution in [-0.2, 0) is 17.6 Å². The number of aromatic nitrogens is 3. The monoisotopic (exact) mass is 533 g/mol. The van der Waals surface area contributed by atoms with E-state index in [4.69, 9.17) is 8.83 Å². The van der Waals surface area contributed by atoms with Gasteiger partial charge in [-0.3, -0.25) is 4.79 Å². The maximum atomic E-state index is 12.8. The molecule has 1 aliphatic carbocycles. The highest BCUT2D eigenvalue weighted by atomic mass is 32.2. The van der Waals surface area contributed by atoms with Gasteiger partial charge in [0.25, 0.3) is 0 Å². The quantitative estimate of drug-likeness (QED) is 0.264. The number of rotatable bonds is 7. The molecule has 0 aliphatic heterocycles. The van der Waals surface area contributed by atoms with Crippen molar-refractivity contribution in [3.63, 3.8) is 0 Å². The second-order valence-electron chi connectivity index (χ2n) is 10.0. The Bertz CT molecular complexity index is 1430. The van der Waals surface area contributed by atoms with Crippen LogP contribution in [0.25, 0.3) is 22.9 Å². The summed E-state index contributed by atoms with van der Waals surface area (Å²) in [6.45, 7) is 6.80. The topological polar surface area (TPSA) is 118 Å². The molecule has 1 unspecified atom stereocenters. The smallest absolute Gasteiger partial charge is 0.225 e. The Hall–Kier alpha value is -3.42. The normalized spacial score (nSPS) is 15.2. The Morgan fingerprint density at radius 3 is 2.57 bits per heavy atom. The maximum absolute atomic E-state index is 12.8. The fourth-order valence-corrected chi connectivity index (χ4v) is 6.51. The Morgan fingerprint density at radius 2 is 1.92 bits per heavy atom. The summed E-state index contributed by atoms with van der Waals surface area (Å²) in [7, 11) is 0. The summed E-state index contributed by atoms with van der Waals surface area (Å²) in [5.74, 6) is 2.00. The SMILES string of the molecule is CC(C)(C)C1CCc2c(sc(NC(=O)CCSc3nnc(-c4ccco4)c(-c4ccco4)n3)c2C#N)C1. The van der Waals surface area contributed by atoms with Crippen LogP contribution in [0, 0.1) is 22.7 Å². The molecule has 0 fully saturated rings. The minimum absolute atomic E-state index is 0.138. The number of hydrogen-bond donors (Lipinski definition) is 1. The lowest BCUT2D eigenvalue weighted by Gasteiger charge is -2.33. The minimum Gasteiger partial charge on any atom is -0.463 e. The van der Waals surface area contributed by atoms with Crippen molar-refractivity contribution in [1.29, 1.82) is 5.26 Å². The van der Waals surface area contributed by atoms with Gasteiger partial charge in [0, 0.05) is 17.1 Å². The van der Waals surface area contributed by atoms with E-state index in [1.807, 2.05) is 0 Å². The highest BCUT2D eigenvalue weighted by molar-refractivity contribution is 7.99. The third kappa shape index (κ3) is 5.48. The van der Waals surface area contributed by atoms with Crippen molar-refractivity contribution in [3.05, 3.63) is 52.8 Å². The largest absolute Gasteiger partial charge is 0.463 e. The van der Waals surface area contributed by atoms with Gasteiger partial charge in [-0.1, -0.05) is 32.5 Å². The van der Waals surface area contributed by atoms with Crippen LogP contribution in [0.1, 0.15) is 49.6 Å². The van der Waals surface area contributed by atoms with Crippen molar-refractivity contribution in [3.8, 4) is 29.0 Å². The lowest BCUT2D eigenvalue weighted by molar-refractivity contribution is -0.115. The van der Waals surface area contributed by atoms with Crippen LogP contribution in [0.4, 0.5) is 5.00 Å². The number of nitriles is 1. The third-order valence-electron chi connectivity index (χ3n) is 6.59. The Kier molecular flexibility index (Phi) is 7.17. The van der Waals surface area contributed by atoms with Gasteiger partial charge in [0.1, 0.15) is 16.8 Å². The number of thiophene rings is 1. The summed E-state index contributed by atoms with van der Waals surface area (Å²) in [5, 5.41) is 22.4. The molecular formula is C27H27N5O3S2. The predicted molar refractivity (Wildman–Crippen MR) is 143 cm³/mol. The molecule has 190 valence electrons. The Labute approximate surface area is 223 Å². The molecule has 5 rings (SSSR count). The van der Waals surface area contributed by atoms with Crippen LogP contribution in [0.3, 0.4) is 0 Å². The lowest BCUT2D eigenvalue weighted by Crippen LogP contribution is -2.26. The van der Waals surface area contributed by atoms with Gasteiger partial charge < -0.3 is 14.2 Å². The maximum Gasteiger partial charge on any atom is 0.225 e. The number of fused-ring (bicyclic) bond motifs is 1. The van der Waals surface area contributed by atoms with E-state index in [-0.39, 0.29) is 17.7 Å². The number of furan rings is 2. The van der Waals surface area contributed by atoms with Crippen molar-refractivity contribution in [2.75, 3.05) is 11.1 Å². The van der Waals surface area contributed by atoms with E-state index in [9.17, 15) is 10.1 Å². The molecule has 0 saturated heterocycles. The van der Waals surface area contributed by atoms with Crippen LogP contribution >= 0.6 is 23.1 Å². The number of amides is 1. The van der Waals surface area contributed by atoms with Gasteiger partial charge >= 0.3 is 0 Å². The highest BCUT2D eigenvalue weighted by Gasteiger charge is 2.32. The van der Waals surface area contributed by atoms with Crippen LogP contribution < -0.4 is 5.32 Å². The predicted octanol–water partition coefficient (Wildman–Crippen LogP) is 6.60. The molecule has 4 heterocycles. The van der Waals surface area contributed by atoms with Crippen molar-refractivity contribution >= 4 is 34.0 Å². The van der Waals surface area contributed by atoms with E-state index >= 15 is 0 Å². The average Bonchev–Trinajstić information content (AvgIpc) is 3.64. The molecule has 37 heavy (non-hydrogen) atoms. The highest BCUT2D eigenvalue weighted by Crippen LogP contribution is 2.44. The van der Waals surface area contributed by atoms with Crippen LogP contribution in [0.2, 0.25) is 0 Å².